The molecule has 4 nitrogen and oxygen atoms in total. The molecule has 1 aromatic rings. The normalized spacial score (nSPS) is 23.0. The molecule has 1 saturated heterocycles. The van der Waals surface area contributed by atoms with Gasteiger partial charge in [-0.2, -0.15) is 0 Å². The van der Waals surface area contributed by atoms with E-state index >= 15 is 0 Å². The minimum atomic E-state index is -0.364. The lowest BCUT2D eigenvalue weighted by molar-refractivity contribution is 0.0515. The number of aliphatic hydroxyl groups excluding tert-OH is 1. The maximum atomic E-state index is 12.8. The summed E-state index contributed by atoms with van der Waals surface area (Å²) in [6.45, 7) is 3.85. The second kappa shape index (κ2) is 6.16. The van der Waals surface area contributed by atoms with E-state index in [0.29, 0.717) is 19.6 Å². The summed E-state index contributed by atoms with van der Waals surface area (Å²) < 4.78 is 5.41. The van der Waals surface area contributed by atoms with Gasteiger partial charge in [0.05, 0.1) is 19.3 Å². The number of nitrogens with zero attached hydrogens (tertiary/aromatic N) is 1. The zero-order valence-electron chi connectivity index (χ0n) is 12.5. The second-order valence-corrected chi connectivity index (χ2v) is 6.21. The van der Waals surface area contributed by atoms with E-state index in [1.807, 2.05) is 23.1 Å². The summed E-state index contributed by atoms with van der Waals surface area (Å²) in [4.78, 5) is 14.7. The van der Waals surface area contributed by atoms with Gasteiger partial charge in [0, 0.05) is 18.2 Å². The minimum absolute atomic E-state index is 0.0926. The van der Waals surface area contributed by atoms with Gasteiger partial charge in [0.2, 0.25) is 0 Å². The van der Waals surface area contributed by atoms with E-state index < -0.39 is 0 Å². The van der Waals surface area contributed by atoms with E-state index in [-0.39, 0.29) is 18.1 Å². The highest BCUT2D eigenvalue weighted by molar-refractivity contribution is 5.94. The Hall–Kier alpha value is -1.39. The standard InChI is InChI=1S/C17H23NO3/c1-12(19)8-16-4-2-3-7-18(16)17(20)13-5-6-14-10-21-11-15(14)9-13/h5-6,9,12,16,19H,2-4,7-8,10-11H2,1H3. The summed E-state index contributed by atoms with van der Waals surface area (Å²) in [5, 5.41) is 9.65. The van der Waals surface area contributed by atoms with Crippen LogP contribution in [0.4, 0.5) is 0 Å². The van der Waals surface area contributed by atoms with Crippen molar-refractivity contribution in [3.8, 4) is 0 Å². The van der Waals surface area contributed by atoms with E-state index in [9.17, 15) is 9.90 Å². The van der Waals surface area contributed by atoms with Crippen molar-refractivity contribution in [1.82, 2.24) is 4.90 Å². The Balaban J connectivity index is 1.79. The minimum Gasteiger partial charge on any atom is -0.393 e. The fourth-order valence-electron chi connectivity index (χ4n) is 3.38. The van der Waals surface area contributed by atoms with E-state index in [1.54, 1.807) is 6.92 Å². The number of hydrogen-bond acceptors (Lipinski definition) is 3. The van der Waals surface area contributed by atoms with Crippen LogP contribution in [0.15, 0.2) is 18.2 Å². The predicted octanol–water partition coefficient (Wildman–Crippen LogP) is 2.48. The number of rotatable bonds is 3. The molecular formula is C17H23NO3. The molecule has 21 heavy (non-hydrogen) atoms. The molecule has 2 atom stereocenters. The Bertz CT molecular complexity index is 527. The molecule has 3 rings (SSSR count). The van der Waals surface area contributed by atoms with Crippen LogP contribution in [0.3, 0.4) is 0 Å². The fourth-order valence-corrected chi connectivity index (χ4v) is 3.38. The van der Waals surface area contributed by atoms with E-state index in [2.05, 4.69) is 0 Å². The number of carbonyl (C=O) groups excluding carboxylic acids is 1. The Labute approximate surface area is 125 Å². The first-order valence-corrected chi connectivity index (χ1v) is 7.83. The molecule has 2 unspecified atom stereocenters. The van der Waals surface area contributed by atoms with Gasteiger partial charge in [0.15, 0.2) is 0 Å². The molecule has 0 saturated carbocycles. The monoisotopic (exact) mass is 289 g/mol. The third-order valence-corrected chi connectivity index (χ3v) is 4.47. The number of likely N-dealkylation sites (tertiary alicyclic amines) is 1. The average molecular weight is 289 g/mol. The molecular weight excluding hydrogens is 266 g/mol. The number of piperidine rings is 1. The largest absolute Gasteiger partial charge is 0.393 e. The SMILES string of the molecule is CC(O)CC1CCCCN1C(=O)c1ccc2c(c1)COC2. The summed E-state index contributed by atoms with van der Waals surface area (Å²) in [7, 11) is 0. The lowest BCUT2D eigenvalue weighted by Gasteiger charge is -2.36. The third kappa shape index (κ3) is 3.11. The Morgan fingerprint density at radius 2 is 2.19 bits per heavy atom. The zero-order chi connectivity index (χ0) is 14.8. The Morgan fingerprint density at radius 3 is 3.00 bits per heavy atom. The highest BCUT2D eigenvalue weighted by atomic mass is 16.5. The molecule has 4 heteroatoms. The maximum absolute atomic E-state index is 12.8. The highest BCUT2D eigenvalue weighted by Crippen LogP contribution is 2.25. The Kier molecular flexibility index (Phi) is 4.27. The van der Waals surface area contributed by atoms with Crippen molar-refractivity contribution in [1.29, 1.82) is 0 Å². The second-order valence-electron chi connectivity index (χ2n) is 6.21. The average Bonchev–Trinajstić information content (AvgIpc) is 2.94. The molecule has 2 aliphatic rings. The quantitative estimate of drug-likeness (QED) is 0.930. The van der Waals surface area contributed by atoms with Gasteiger partial charge < -0.3 is 14.7 Å². The molecule has 2 heterocycles. The van der Waals surface area contributed by atoms with Gasteiger partial charge in [-0.1, -0.05) is 6.07 Å². The molecule has 1 N–H and O–H groups in total. The molecule has 2 aliphatic heterocycles. The molecule has 0 radical (unpaired) electrons. The number of aliphatic hydroxyl groups is 1. The number of benzene rings is 1. The first-order valence-electron chi connectivity index (χ1n) is 7.83. The lowest BCUT2D eigenvalue weighted by atomic mass is 9.96. The van der Waals surface area contributed by atoms with Crippen LogP contribution in [0.1, 0.15) is 54.1 Å². The van der Waals surface area contributed by atoms with E-state index in [1.165, 1.54) is 5.56 Å². The van der Waals surface area contributed by atoms with Crippen molar-refractivity contribution in [3.05, 3.63) is 34.9 Å². The molecule has 0 aromatic heterocycles. The van der Waals surface area contributed by atoms with Crippen LogP contribution in [0.5, 0.6) is 0 Å². The van der Waals surface area contributed by atoms with Crippen molar-refractivity contribution in [2.75, 3.05) is 6.54 Å². The molecule has 1 aromatic carbocycles. The van der Waals surface area contributed by atoms with Crippen LogP contribution in [0.2, 0.25) is 0 Å². The van der Waals surface area contributed by atoms with Gasteiger partial charge in [-0.15, -0.1) is 0 Å². The van der Waals surface area contributed by atoms with Crippen molar-refractivity contribution >= 4 is 5.91 Å². The number of carbonyl (C=O) groups is 1. The number of amides is 1. The fraction of sp³-hybridized carbons (Fsp3) is 0.588. The van der Waals surface area contributed by atoms with Crippen LogP contribution in [0.25, 0.3) is 0 Å². The van der Waals surface area contributed by atoms with Crippen molar-refractivity contribution in [3.63, 3.8) is 0 Å². The Morgan fingerprint density at radius 1 is 1.38 bits per heavy atom. The van der Waals surface area contributed by atoms with E-state index in [0.717, 1.165) is 36.9 Å². The van der Waals surface area contributed by atoms with Crippen molar-refractivity contribution < 1.29 is 14.6 Å². The lowest BCUT2D eigenvalue weighted by Crippen LogP contribution is -2.45. The van der Waals surface area contributed by atoms with Crippen LogP contribution in [0, 0.1) is 0 Å². The first-order chi connectivity index (χ1) is 10.1. The van der Waals surface area contributed by atoms with Gasteiger partial charge in [-0.3, -0.25) is 4.79 Å². The molecule has 114 valence electrons. The predicted molar refractivity (Wildman–Crippen MR) is 79.9 cm³/mol. The summed E-state index contributed by atoms with van der Waals surface area (Å²) in [6.07, 6.45) is 3.48. The van der Waals surface area contributed by atoms with Gasteiger partial charge in [-0.05, 0) is 55.9 Å². The maximum Gasteiger partial charge on any atom is 0.254 e. The number of ether oxygens (including phenoxy) is 1. The van der Waals surface area contributed by atoms with Gasteiger partial charge >= 0.3 is 0 Å². The van der Waals surface area contributed by atoms with Gasteiger partial charge in [0.1, 0.15) is 0 Å². The smallest absolute Gasteiger partial charge is 0.254 e. The summed E-state index contributed by atoms with van der Waals surface area (Å²) in [6, 6.07) is 6.04. The van der Waals surface area contributed by atoms with Crippen LogP contribution in [-0.4, -0.2) is 34.6 Å². The van der Waals surface area contributed by atoms with Crippen LogP contribution in [-0.2, 0) is 18.0 Å². The summed E-state index contributed by atoms with van der Waals surface area (Å²) in [5.74, 6) is 0.0926. The van der Waals surface area contributed by atoms with Crippen LogP contribution < -0.4 is 0 Å². The molecule has 0 bridgehead atoms. The first kappa shape index (κ1) is 14.5. The zero-order valence-corrected chi connectivity index (χ0v) is 12.5. The molecule has 0 aliphatic carbocycles. The molecule has 1 amide bonds. The topological polar surface area (TPSA) is 49.8 Å². The third-order valence-electron chi connectivity index (χ3n) is 4.47. The molecule has 1 fully saturated rings. The van der Waals surface area contributed by atoms with Gasteiger partial charge in [0.25, 0.3) is 5.91 Å². The number of hydrogen-bond donors (Lipinski definition) is 1. The van der Waals surface area contributed by atoms with Crippen molar-refractivity contribution in [2.24, 2.45) is 0 Å². The van der Waals surface area contributed by atoms with Gasteiger partial charge in [-0.25, -0.2) is 0 Å². The summed E-state index contributed by atoms with van der Waals surface area (Å²) in [5.41, 5.74) is 3.06. The van der Waals surface area contributed by atoms with Crippen molar-refractivity contribution in [2.45, 2.75) is 58.0 Å². The molecule has 0 spiro atoms. The number of fused-ring (bicyclic) bond motifs is 1. The van der Waals surface area contributed by atoms with E-state index in [4.69, 9.17) is 4.74 Å². The highest BCUT2D eigenvalue weighted by Gasteiger charge is 2.28. The summed E-state index contributed by atoms with van der Waals surface area (Å²) >= 11 is 0. The van der Waals surface area contributed by atoms with Crippen LogP contribution >= 0.6 is 0 Å².